The van der Waals surface area contributed by atoms with E-state index in [4.69, 9.17) is 13.9 Å². The molecule has 51 heavy (non-hydrogen) atoms. The number of hydrogen-bond acceptors (Lipinski definition) is 8. The molecule has 0 saturated carbocycles. The zero-order valence-corrected chi connectivity index (χ0v) is 28.1. The van der Waals surface area contributed by atoms with E-state index in [1.807, 2.05) is 42.5 Å². The Morgan fingerprint density at radius 2 is 1.53 bits per heavy atom. The number of methoxy groups -OCH3 is 2. The highest BCUT2D eigenvalue weighted by Crippen LogP contribution is 2.34. The van der Waals surface area contributed by atoms with Crippen molar-refractivity contribution in [3.63, 3.8) is 0 Å². The molecular weight excluding hydrogens is 648 g/mol. The first-order valence-corrected chi connectivity index (χ1v) is 16.0. The molecule has 6 aromatic rings. The number of ether oxygens (including phenoxy) is 2. The van der Waals surface area contributed by atoms with Crippen LogP contribution in [-0.4, -0.2) is 55.4 Å². The predicted molar refractivity (Wildman–Crippen MR) is 195 cm³/mol. The second-order valence-corrected chi connectivity index (χ2v) is 11.6. The van der Waals surface area contributed by atoms with Crippen LogP contribution in [0.2, 0.25) is 0 Å². The number of aromatic nitrogens is 1. The van der Waals surface area contributed by atoms with Crippen molar-refractivity contribution in [2.45, 2.75) is 6.42 Å². The molecule has 2 aromatic heterocycles. The molecule has 0 fully saturated rings. The van der Waals surface area contributed by atoms with Crippen molar-refractivity contribution in [1.82, 2.24) is 9.88 Å². The molecule has 0 unspecified atom stereocenters. The van der Waals surface area contributed by atoms with Crippen LogP contribution in [0.1, 0.15) is 36.8 Å². The number of nitrogens with zero attached hydrogens (tertiary/aromatic N) is 2. The van der Waals surface area contributed by atoms with Crippen LogP contribution in [0.4, 0.5) is 11.4 Å². The van der Waals surface area contributed by atoms with Gasteiger partial charge in [-0.25, -0.2) is 0 Å². The third-order valence-corrected chi connectivity index (χ3v) is 8.27. The third-order valence-electron chi connectivity index (χ3n) is 8.27. The fourth-order valence-corrected chi connectivity index (χ4v) is 5.51. The molecule has 2 heterocycles. The van der Waals surface area contributed by atoms with Crippen LogP contribution in [0.25, 0.3) is 22.1 Å². The van der Waals surface area contributed by atoms with Gasteiger partial charge in [-0.15, -0.1) is 0 Å². The molecule has 0 aliphatic rings. The molecule has 0 aliphatic heterocycles. The number of benzene rings is 4. The Balaban J connectivity index is 1.13. The van der Waals surface area contributed by atoms with Gasteiger partial charge in [-0.3, -0.25) is 24.2 Å². The van der Waals surface area contributed by atoms with Gasteiger partial charge in [0.25, 0.3) is 17.7 Å². The predicted octanol–water partition coefficient (Wildman–Crippen LogP) is 6.69. The average Bonchev–Trinajstić information content (AvgIpc) is 3.17. The van der Waals surface area contributed by atoms with Crippen molar-refractivity contribution in [2.75, 3.05) is 38.4 Å². The number of fused-ring (bicyclic) bond motifs is 1. The topological polar surface area (TPSA) is 140 Å². The third kappa shape index (κ3) is 7.78. The zero-order chi connectivity index (χ0) is 35.9. The summed E-state index contributed by atoms with van der Waals surface area (Å²) in [6.07, 6.45) is 4.06. The molecule has 256 valence electrons. The number of carbonyl (C=O) groups excluding carboxylic acids is 3. The van der Waals surface area contributed by atoms with Crippen molar-refractivity contribution in [1.29, 1.82) is 0 Å². The molecule has 6 rings (SSSR count). The first kappa shape index (κ1) is 34.1. The first-order valence-electron chi connectivity index (χ1n) is 16.0. The lowest BCUT2D eigenvalue weighted by molar-refractivity contribution is 0.0796. The van der Waals surface area contributed by atoms with E-state index >= 15 is 0 Å². The van der Waals surface area contributed by atoms with E-state index in [2.05, 4.69) is 15.6 Å². The van der Waals surface area contributed by atoms with Crippen LogP contribution < -0.4 is 25.5 Å². The van der Waals surface area contributed by atoms with Gasteiger partial charge >= 0.3 is 0 Å². The highest BCUT2D eigenvalue weighted by atomic mass is 16.5. The molecule has 11 heteroatoms. The first-order chi connectivity index (χ1) is 24.7. The summed E-state index contributed by atoms with van der Waals surface area (Å²) in [5, 5.41) is 5.87. The summed E-state index contributed by atoms with van der Waals surface area (Å²) in [6, 6.07) is 29.2. The number of rotatable bonds is 11. The van der Waals surface area contributed by atoms with Crippen molar-refractivity contribution in [3.8, 4) is 22.6 Å². The summed E-state index contributed by atoms with van der Waals surface area (Å²) in [5.74, 6) is -1.02. The minimum Gasteiger partial charge on any atom is -0.493 e. The highest BCUT2D eigenvalue weighted by Gasteiger charge is 2.21. The summed E-state index contributed by atoms with van der Waals surface area (Å²) in [7, 11) is 4.63. The monoisotopic (exact) mass is 682 g/mol. The van der Waals surface area contributed by atoms with Gasteiger partial charge in [-0.2, -0.15) is 0 Å². The SMILES string of the molecule is COc1cc(NC(=O)c2cc(=O)c3ccccc3o2)c(C(=O)Nc2ccc(CCN(C)C(=O)c3cccc(-c4cccnc4)c3)cc2)cc1OC. The summed E-state index contributed by atoms with van der Waals surface area (Å²) in [5.41, 5.74) is 3.99. The number of para-hydroxylation sites is 1. The maximum atomic E-state index is 13.6. The van der Waals surface area contributed by atoms with Crippen LogP contribution in [0.3, 0.4) is 0 Å². The molecule has 3 amide bonds. The Bertz CT molecular complexity index is 2290. The summed E-state index contributed by atoms with van der Waals surface area (Å²) < 4.78 is 16.5. The van der Waals surface area contributed by atoms with Crippen molar-refractivity contribution >= 4 is 40.1 Å². The fraction of sp³-hybridized carbons (Fsp3) is 0.125. The Labute approximate surface area is 293 Å². The minimum atomic E-state index is -0.729. The van der Waals surface area contributed by atoms with E-state index in [0.717, 1.165) is 22.8 Å². The highest BCUT2D eigenvalue weighted by molar-refractivity contribution is 6.12. The lowest BCUT2D eigenvalue weighted by Crippen LogP contribution is -2.28. The molecule has 0 atom stereocenters. The van der Waals surface area contributed by atoms with E-state index in [1.165, 1.54) is 26.4 Å². The van der Waals surface area contributed by atoms with Gasteiger partial charge in [-0.05, 0) is 66.1 Å². The van der Waals surface area contributed by atoms with Crippen LogP contribution in [0.15, 0.2) is 125 Å². The summed E-state index contributed by atoms with van der Waals surface area (Å²) in [4.78, 5) is 58.5. The Morgan fingerprint density at radius 1 is 0.784 bits per heavy atom. The maximum Gasteiger partial charge on any atom is 0.291 e. The number of likely N-dealkylation sites (N-methyl/N-ethyl adjacent to an activating group) is 1. The van der Waals surface area contributed by atoms with E-state index in [-0.39, 0.29) is 45.4 Å². The molecule has 0 spiro atoms. The molecule has 0 bridgehead atoms. The van der Waals surface area contributed by atoms with Gasteiger partial charge in [-0.1, -0.05) is 42.5 Å². The molecule has 0 aliphatic carbocycles. The van der Waals surface area contributed by atoms with Gasteiger partial charge in [0.1, 0.15) is 5.58 Å². The summed E-state index contributed by atoms with van der Waals surface area (Å²) in [6.45, 7) is 0.480. The Hall–Kier alpha value is -6.75. The summed E-state index contributed by atoms with van der Waals surface area (Å²) >= 11 is 0. The van der Waals surface area contributed by atoms with Crippen LogP contribution in [-0.2, 0) is 6.42 Å². The smallest absolute Gasteiger partial charge is 0.291 e. The number of nitrogens with one attached hydrogen (secondary N) is 2. The standard InChI is InChI=1S/C40H34N4O7/c1-44(40(48)27-9-6-8-26(20-27)28-10-7-18-41-24-28)19-17-25-13-15-29(16-14-25)42-38(46)31-21-35(49-2)36(50-3)22-32(31)43-39(47)37-23-33(45)30-11-4-5-12-34(30)51-37/h4-16,18,20-24H,17,19H2,1-3H3,(H,42,46)(H,43,47). The fourth-order valence-electron chi connectivity index (χ4n) is 5.51. The second kappa shape index (κ2) is 15.2. The van der Waals surface area contributed by atoms with Crippen LogP contribution >= 0.6 is 0 Å². The number of amides is 3. The van der Waals surface area contributed by atoms with Crippen LogP contribution in [0, 0.1) is 0 Å². The molecule has 0 saturated heterocycles. The largest absolute Gasteiger partial charge is 0.493 e. The number of hydrogen-bond donors (Lipinski definition) is 2. The average molecular weight is 683 g/mol. The van der Waals surface area contributed by atoms with Gasteiger partial charge in [0, 0.05) is 54.9 Å². The molecule has 2 N–H and O–H groups in total. The number of anilines is 2. The molecule has 11 nitrogen and oxygen atoms in total. The zero-order valence-electron chi connectivity index (χ0n) is 28.1. The molecule has 4 aromatic carbocycles. The van der Waals surface area contributed by atoms with Gasteiger partial charge < -0.3 is 29.4 Å². The minimum absolute atomic E-state index is 0.0842. The maximum absolute atomic E-state index is 13.6. The van der Waals surface area contributed by atoms with E-state index in [9.17, 15) is 19.2 Å². The van der Waals surface area contributed by atoms with E-state index in [0.29, 0.717) is 29.6 Å². The number of pyridine rings is 1. The Kier molecular flexibility index (Phi) is 10.2. The van der Waals surface area contributed by atoms with Crippen LogP contribution in [0.5, 0.6) is 11.5 Å². The quantitative estimate of drug-likeness (QED) is 0.154. The van der Waals surface area contributed by atoms with Crippen molar-refractivity contribution < 1.29 is 28.3 Å². The molecule has 0 radical (unpaired) electrons. The molecular formula is C40H34N4O7. The lowest BCUT2D eigenvalue weighted by Gasteiger charge is -2.18. The van der Waals surface area contributed by atoms with E-state index in [1.54, 1.807) is 66.8 Å². The van der Waals surface area contributed by atoms with E-state index < -0.39 is 11.8 Å². The Morgan fingerprint density at radius 3 is 2.27 bits per heavy atom. The van der Waals surface area contributed by atoms with Gasteiger partial charge in [0.2, 0.25) is 0 Å². The van der Waals surface area contributed by atoms with Gasteiger partial charge in [0.15, 0.2) is 22.7 Å². The second-order valence-electron chi connectivity index (χ2n) is 11.6. The van der Waals surface area contributed by atoms with Crippen molar-refractivity contribution in [2.24, 2.45) is 0 Å². The normalized spacial score (nSPS) is 10.7. The number of carbonyl (C=O) groups is 3. The lowest BCUT2D eigenvalue weighted by atomic mass is 10.0. The van der Waals surface area contributed by atoms with Gasteiger partial charge in [0.05, 0.1) is 30.9 Å². The van der Waals surface area contributed by atoms with Crippen molar-refractivity contribution in [3.05, 3.63) is 148 Å².